The minimum atomic E-state index is -0.296. The summed E-state index contributed by atoms with van der Waals surface area (Å²) in [6, 6.07) is 5.93. The fourth-order valence-corrected chi connectivity index (χ4v) is 3.48. The van der Waals surface area contributed by atoms with Crippen LogP contribution in [-0.2, 0) is 9.59 Å². The second-order valence-electron chi connectivity index (χ2n) is 6.68. The van der Waals surface area contributed by atoms with E-state index in [0.29, 0.717) is 32.5 Å². The van der Waals surface area contributed by atoms with Crippen molar-refractivity contribution in [2.24, 2.45) is 5.92 Å². The van der Waals surface area contributed by atoms with Gasteiger partial charge in [0, 0.05) is 31.7 Å². The van der Waals surface area contributed by atoms with Gasteiger partial charge in [0.15, 0.2) is 0 Å². The Hall–Kier alpha value is -1.88. The van der Waals surface area contributed by atoms with Crippen molar-refractivity contribution in [2.75, 3.05) is 24.5 Å². The highest BCUT2D eigenvalue weighted by molar-refractivity contribution is 6.00. The summed E-state index contributed by atoms with van der Waals surface area (Å²) in [5.41, 5.74) is 3.16. The highest BCUT2D eigenvalue weighted by atomic mass is 16.3. The number of aliphatic hydroxyl groups is 1. The van der Waals surface area contributed by atoms with Crippen LogP contribution in [0.15, 0.2) is 18.2 Å². The molecule has 1 N–H and O–H groups in total. The van der Waals surface area contributed by atoms with E-state index >= 15 is 0 Å². The molecule has 0 aromatic heterocycles. The third kappa shape index (κ3) is 3.11. The van der Waals surface area contributed by atoms with Crippen molar-refractivity contribution in [3.05, 3.63) is 29.3 Å². The molecular formula is C18H24N2O3. The normalized spacial score (nSPS) is 22.7. The first-order chi connectivity index (χ1) is 11.0. The average molecular weight is 316 g/mol. The van der Waals surface area contributed by atoms with Gasteiger partial charge in [0.2, 0.25) is 11.8 Å². The first-order valence-corrected chi connectivity index (χ1v) is 8.31. The first kappa shape index (κ1) is 16.0. The molecule has 2 aliphatic heterocycles. The van der Waals surface area contributed by atoms with Crippen molar-refractivity contribution in [1.29, 1.82) is 0 Å². The highest BCUT2D eigenvalue weighted by Gasteiger charge is 2.38. The zero-order valence-electron chi connectivity index (χ0n) is 13.8. The lowest BCUT2D eigenvalue weighted by Gasteiger charge is -2.31. The molecule has 0 aliphatic carbocycles. The molecule has 0 saturated carbocycles. The number of carbonyl (C=O) groups excluding carboxylic acids is 2. The number of hydrogen-bond donors (Lipinski definition) is 1. The molecule has 124 valence electrons. The molecule has 5 nitrogen and oxygen atoms in total. The fourth-order valence-electron chi connectivity index (χ4n) is 3.48. The Kier molecular flexibility index (Phi) is 4.39. The Morgan fingerprint density at radius 3 is 2.61 bits per heavy atom. The van der Waals surface area contributed by atoms with E-state index < -0.39 is 0 Å². The van der Waals surface area contributed by atoms with E-state index in [1.165, 1.54) is 0 Å². The van der Waals surface area contributed by atoms with Gasteiger partial charge < -0.3 is 14.9 Å². The van der Waals surface area contributed by atoms with Crippen LogP contribution in [0, 0.1) is 19.8 Å². The standard InChI is InChI=1S/C18H24N2O3/c1-12-4-3-5-16(13(12)2)20-11-14(10-17(20)22)18(23)19-8-6-15(21)7-9-19/h3-5,14-15,21H,6-11H2,1-2H3. The molecule has 0 radical (unpaired) electrons. The van der Waals surface area contributed by atoms with Crippen LogP contribution in [0.25, 0.3) is 0 Å². The molecule has 2 amide bonds. The monoisotopic (exact) mass is 316 g/mol. The molecule has 0 bridgehead atoms. The van der Waals surface area contributed by atoms with E-state index in [4.69, 9.17) is 0 Å². The quantitative estimate of drug-likeness (QED) is 0.902. The summed E-state index contributed by atoms with van der Waals surface area (Å²) >= 11 is 0. The number of hydrogen-bond acceptors (Lipinski definition) is 3. The lowest BCUT2D eigenvalue weighted by Crippen LogP contribution is -2.43. The molecule has 3 rings (SSSR count). The third-order valence-corrected chi connectivity index (χ3v) is 5.12. The predicted octanol–water partition coefficient (Wildman–Crippen LogP) is 1.64. The van der Waals surface area contributed by atoms with Crippen LogP contribution in [0.1, 0.15) is 30.4 Å². The van der Waals surface area contributed by atoms with Crippen LogP contribution in [0.2, 0.25) is 0 Å². The molecule has 1 aromatic carbocycles. The largest absolute Gasteiger partial charge is 0.393 e. The van der Waals surface area contributed by atoms with E-state index in [9.17, 15) is 14.7 Å². The van der Waals surface area contributed by atoms with Crippen molar-refractivity contribution < 1.29 is 14.7 Å². The van der Waals surface area contributed by atoms with Crippen molar-refractivity contribution in [1.82, 2.24) is 4.90 Å². The lowest BCUT2D eigenvalue weighted by atomic mass is 10.0. The molecule has 2 saturated heterocycles. The van der Waals surface area contributed by atoms with Crippen molar-refractivity contribution in [2.45, 2.75) is 39.2 Å². The molecule has 1 atom stereocenters. The van der Waals surface area contributed by atoms with Crippen LogP contribution in [0.5, 0.6) is 0 Å². The molecule has 2 aliphatic rings. The maximum absolute atomic E-state index is 12.6. The van der Waals surface area contributed by atoms with E-state index in [1.54, 1.807) is 9.80 Å². The topological polar surface area (TPSA) is 60.9 Å². The second-order valence-corrected chi connectivity index (χ2v) is 6.68. The number of carbonyl (C=O) groups is 2. The van der Waals surface area contributed by atoms with Gasteiger partial charge in [0.1, 0.15) is 0 Å². The van der Waals surface area contributed by atoms with Gasteiger partial charge in [-0.05, 0) is 43.9 Å². The minimum Gasteiger partial charge on any atom is -0.393 e. The molecule has 2 fully saturated rings. The van der Waals surface area contributed by atoms with Gasteiger partial charge in [-0.1, -0.05) is 12.1 Å². The summed E-state index contributed by atoms with van der Waals surface area (Å²) in [5, 5.41) is 9.56. The SMILES string of the molecule is Cc1cccc(N2CC(C(=O)N3CCC(O)CC3)CC2=O)c1C. The highest BCUT2D eigenvalue weighted by Crippen LogP contribution is 2.30. The number of nitrogens with zero attached hydrogens (tertiary/aromatic N) is 2. The fraction of sp³-hybridized carbons (Fsp3) is 0.556. The molecule has 5 heteroatoms. The van der Waals surface area contributed by atoms with Crippen molar-refractivity contribution >= 4 is 17.5 Å². The number of benzene rings is 1. The summed E-state index contributed by atoms with van der Waals surface area (Å²) in [6.07, 6.45) is 1.25. The maximum Gasteiger partial charge on any atom is 0.228 e. The number of anilines is 1. The number of aliphatic hydroxyl groups excluding tert-OH is 1. The number of likely N-dealkylation sites (tertiary alicyclic amines) is 1. The number of rotatable bonds is 2. The Labute approximate surface area is 136 Å². The van der Waals surface area contributed by atoms with Gasteiger partial charge in [0.25, 0.3) is 0 Å². The lowest BCUT2D eigenvalue weighted by molar-refractivity contribution is -0.137. The van der Waals surface area contributed by atoms with E-state index in [2.05, 4.69) is 0 Å². The predicted molar refractivity (Wildman–Crippen MR) is 88.2 cm³/mol. The molecule has 1 aromatic rings. The molecule has 23 heavy (non-hydrogen) atoms. The maximum atomic E-state index is 12.6. The van der Waals surface area contributed by atoms with Gasteiger partial charge in [-0.3, -0.25) is 9.59 Å². The number of piperidine rings is 1. The van der Waals surface area contributed by atoms with Crippen LogP contribution in [0.3, 0.4) is 0 Å². The zero-order valence-corrected chi connectivity index (χ0v) is 13.8. The Balaban J connectivity index is 1.72. The molecule has 2 heterocycles. The van der Waals surface area contributed by atoms with Gasteiger partial charge in [-0.2, -0.15) is 0 Å². The smallest absolute Gasteiger partial charge is 0.228 e. The van der Waals surface area contributed by atoms with Crippen LogP contribution < -0.4 is 4.90 Å². The molecule has 0 spiro atoms. The second kappa shape index (κ2) is 6.32. The van der Waals surface area contributed by atoms with Gasteiger partial charge in [-0.15, -0.1) is 0 Å². The minimum absolute atomic E-state index is 0.0223. The molecule has 1 unspecified atom stereocenters. The van der Waals surface area contributed by atoms with Gasteiger partial charge in [0.05, 0.1) is 12.0 Å². The first-order valence-electron chi connectivity index (χ1n) is 8.31. The summed E-state index contributed by atoms with van der Waals surface area (Å²) in [5.74, 6) is -0.190. The van der Waals surface area contributed by atoms with Crippen LogP contribution >= 0.6 is 0 Å². The van der Waals surface area contributed by atoms with E-state index in [1.807, 2.05) is 32.0 Å². The summed E-state index contributed by atoms with van der Waals surface area (Å²) < 4.78 is 0. The third-order valence-electron chi connectivity index (χ3n) is 5.12. The van der Waals surface area contributed by atoms with E-state index in [-0.39, 0.29) is 30.3 Å². The van der Waals surface area contributed by atoms with Crippen molar-refractivity contribution in [3.63, 3.8) is 0 Å². The Morgan fingerprint density at radius 1 is 1.22 bits per heavy atom. The van der Waals surface area contributed by atoms with Gasteiger partial charge in [-0.25, -0.2) is 0 Å². The zero-order chi connectivity index (χ0) is 16.6. The summed E-state index contributed by atoms with van der Waals surface area (Å²) in [6.45, 7) is 5.68. The Bertz CT molecular complexity index is 621. The van der Waals surface area contributed by atoms with Crippen molar-refractivity contribution in [3.8, 4) is 0 Å². The number of amides is 2. The van der Waals surface area contributed by atoms with E-state index in [0.717, 1.165) is 16.8 Å². The average Bonchev–Trinajstić information content (AvgIpc) is 2.92. The Morgan fingerprint density at radius 2 is 1.91 bits per heavy atom. The van der Waals surface area contributed by atoms with Gasteiger partial charge >= 0.3 is 0 Å². The van der Waals surface area contributed by atoms with Crippen LogP contribution in [-0.4, -0.2) is 47.6 Å². The number of aryl methyl sites for hydroxylation is 1. The summed E-state index contributed by atoms with van der Waals surface area (Å²) in [7, 11) is 0. The molecular weight excluding hydrogens is 292 g/mol. The summed E-state index contributed by atoms with van der Waals surface area (Å²) in [4.78, 5) is 28.6. The van der Waals surface area contributed by atoms with Crippen LogP contribution in [0.4, 0.5) is 5.69 Å².